The molecule has 1 radical (unpaired) electrons. The van der Waals surface area contributed by atoms with Crippen molar-refractivity contribution in [3.05, 3.63) is 52.1 Å². The van der Waals surface area contributed by atoms with Crippen LogP contribution in [0.4, 0.5) is 0 Å². The SMILES string of the molecule is CCCCCC(=O)Oc1c(C)c(C)c2c(c1C)CCC(C)(c1cc[c]c(OC)c1)O2. The molecule has 0 amide bonds. The molecule has 0 aliphatic carbocycles. The van der Waals surface area contributed by atoms with Crippen LogP contribution in [0.3, 0.4) is 0 Å². The first kappa shape index (κ1) is 22.2. The Morgan fingerprint density at radius 2 is 1.97 bits per heavy atom. The molecule has 0 fully saturated rings. The number of hydrogen-bond acceptors (Lipinski definition) is 4. The van der Waals surface area contributed by atoms with Gasteiger partial charge in [0.15, 0.2) is 0 Å². The minimum atomic E-state index is -0.447. The maximum atomic E-state index is 12.4. The van der Waals surface area contributed by atoms with Crippen LogP contribution in [0.15, 0.2) is 18.2 Å². The molecule has 161 valence electrons. The van der Waals surface area contributed by atoms with Crippen LogP contribution in [0.25, 0.3) is 0 Å². The molecule has 4 nitrogen and oxygen atoms in total. The summed E-state index contributed by atoms with van der Waals surface area (Å²) in [7, 11) is 1.65. The van der Waals surface area contributed by atoms with E-state index in [2.05, 4.69) is 19.9 Å². The standard InChI is InChI=1S/C26H33O4/c1-7-8-9-13-23(27)29-24-17(2)18(3)25-22(19(24)4)14-15-26(5,30-25)20-11-10-12-21(16-20)28-6/h10-11,16H,7-9,13-15H2,1-6H3. The van der Waals surface area contributed by atoms with Crippen molar-refractivity contribution in [2.24, 2.45) is 0 Å². The Bertz CT molecular complexity index is 931. The fourth-order valence-corrected chi connectivity index (χ4v) is 4.17. The first-order valence-corrected chi connectivity index (χ1v) is 10.9. The Balaban J connectivity index is 1.91. The van der Waals surface area contributed by atoms with Crippen molar-refractivity contribution in [2.45, 2.75) is 78.7 Å². The van der Waals surface area contributed by atoms with E-state index in [1.165, 1.54) is 0 Å². The van der Waals surface area contributed by atoms with Gasteiger partial charge in [-0.15, -0.1) is 0 Å². The molecule has 1 unspecified atom stereocenters. The van der Waals surface area contributed by atoms with Crippen molar-refractivity contribution in [3.63, 3.8) is 0 Å². The van der Waals surface area contributed by atoms with Crippen LogP contribution in [-0.2, 0) is 16.8 Å². The second-order valence-corrected chi connectivity index (χ2v) is 8.42. The molecular weight excluding hydrogens is 376 g/mol. The number of methoxy groups -OCH3 is 1. The van der Waals surface area contributed by atoms with E-state index in [1.54, 1.807) is 7.11 Å². The molecule has 0 N–H and O–H groups in total. The number of esters is 1. The number of carbonyl (C=O) groups excluding carboxylic acids is 1. The zero-order valence-electron chi connectivity index (χ0n) is 19.1. The van der Waals surface area contributed by atoms with E-state index in [-0.39, 0.29) is 5.97 Å². The van der Waals surface area contributed by atoms with Crippen LogP contribution >= 0.6 is 0 Å². The Kier molecular flexibility index (Phi) is 6.74. The van der Waals surface area contributed by atoms with Crippen molar-refractivity contribution in [1.29, 1.82) is 0 Å². The number of carbonyl (C=O) groups is 1. The maximum absolute atomic E-state index is 12.4. The molecule has 3 rings (SSSR count). The summed E-state index contributed by atoms with van der Waals surface area (Å²) in [6.45, 7) is 10.3. The molecule has 0 spiro atoms. The zero-order chi connectivity index (χ0) is 21.9. The van der Waals surface area contributed by atoms with Crippen molar-refractivity contribution >= 4 is 5.97 Å². The van der Waals surface area contributed by atoms with Crippen molar-refractivity contribution < 1.29 is 19.0 Å². The number of ether oxygens (including phenoxy) is 3. The summed E-state index contributed by atoms with van der Waals surface area (Å²) in [6.07, 6.45) is 5.16. The topological polar surface area (TPSA) is 44.8 Å². The molecule has 1 aliphatic rings. The average Bonchev–Trinajstić information content (AvgIpc) is 2.75. The summed E-state index contributed by atoms with van der Waals surface area (Å²) in [6, 6.07) is 8.99. The molecular formula is C26H33O4. The lowest BCUT2D eigenvalue weighted by molar-refractivity contribution is -0.134. The third-order valence-electron chi connectivity index (χ3n) is 6.30. The molecule has 30 heavy (non-hydrogen) atoms. The number of benzene rings is 2. The smallest absolute Gasteiger partial charge is 0.311 e. The maximum Gasteiger partial charge on any atom is 0.311 e. The van der Waals surface area contributed by atoms with Gasteiger partial charge in [0, 0.05) is 18.1 Å². The highest BCUT2D eigenvalue weighted by atomic mass is 16.5. The predicted molar refractivity (Wildman–Crippen MR) is 119 cm³/mol. The van der Waals surface area contributed by atoms with Gasteiger partial charge in [0.25, 0.3) is 0 Å². The van der Waals surface area contributed by atoms with E-state index >= 15 is 0 Å². The molecule has 0 bridgehead atoms. The van der Waals surface area contributed by atoms with Crippen molar-refractivity contribution in [2.75, 3.05) is 7.11 Å². The minimum absolute atomic E-state index is 0.150. The lowest BCUT2D eigenvalue weighted by atomic mass is 9.83. The lowest BCUT2D eigenvalue weighted by Crippen LogP contribution is -2.34. The minimum Gasteiger partial charge on any atom is -0.496 e. The first-order chi connectivity index (χ1) is 14.3. The summed E-state index contributed by atoms with van der Waals surface area (Å²) in [4.78, 5) is 12.4. The molecule has 0 aromatic heterocycles. The van der Waals surface area contributed by atoms with Gasteiger partial charge >= 0.3 is 5.97 Å². The summed E-state index contributed by atoms with van der Waals surface area (Å²) in [5.41, 5.74) is 4.78. The lowest BCUT2D eigenvalue weighted by Gasteiger charge is -2.38. The van der Waals surface area contributed by atoms with Crippen LogP contribution in [0.2, 0.25) is 0 Å². The summed E-state index contributed by atoms with van der Waals surface area (Å²) in [5, 5.41) is 0. The van der Waals surface area contributed by atoms with Gasteiger partial charge in [-0.3, -0.25) is 4.79 Å². The molecule has 2 aromatic rings. The van der Waals surface area contributed by atoms with Crippen LogP contribution in [-0.4, -0.2) is 13.1 Å². The Morgan fingerprint density at radius 1 is 1.20 bits per heavy atom. The Labute approximate surface area is 180 Å². The third-order valence-corrected chi connectivity index (χ3v) is 6.30. The van der Waals surface area contributed by atoms with E-state index in [1.807, 2.05) is 39.0 Å². The molecule has 4 heteroatoms. The van der Waals surface area contributed by atoms with E-state index in [0.717, 1.165) is 65.7 Å². The van der Waals surface area contributed by atoms with Gasteiger partial charge in [-0.1, -0.05) is 31.9 Å². The van der Waals surface area contributed by atoms with E-state index in [9.17, 15) is 4.79 Å². The van der Waals surface area contributed by atoms with E-state index in [4.69, 9.17) is 14.2 Å². The van der Waals surface area contributed by atoms with Gasteiger partial charge < -0.3 is 14.2 Å². The molecule has 2 aromatic carbocycles. The fourth-order valence-electron chi connectivity index (χ4n) is 4.17. The van der Waals surface area contributed by atoms with Crippen molar-refractivity contribution in [1.82, 2.24) is 0 Å². The Morgan fingerprint density at radius 3 is 2.67 bits per heavy atom. The predicted octanol–water partition coefficient (Wildman–Crippen LogP) is 6.15. The molecule has 0 saturated carbocycles. The van der Waals surface area contributed by atoms with Gasteiger partial charge in [0.2, 0.25) is 0 Å². The van der Waals surface area contributed by atoms with E-state index < -0.39 is 5.60 Å². The number of unbranched alkanes of at least 4 members (excludes halogenated alkanes) is 2. The van der Waals surface area contributed by atoms with Crippen LogP contribution < -0.4 is 14.2 Å². The molecule has 0 saturated heterocycles. The first-order valence-electron chi connectivity index (χ1n) is 10.9. The molecule has 1 heterocycles. The zero-order valence-corrected chi connectivity index (χ0v) is 19.1. The second-order valence-electron chi connectivity index (χ2n) is 8.42. The van der Waals surface area contributed by atoms with Crippen LogP contribution in [0.5, 0.6) is 17.2 Å². The number of fused-ring (bicyclic) bond motifs is 1. The third kappa shape index (κ3) is 4.33. The number of hydrogen-bond donors (Lipinski definition) is 0. The Hall–Kier alpha value is -2.49. The molecule has 1 atom stereocenters. The largest absolute Gasteiger partial charge is 0.496 e. The average molecular weight is 410 g/mol. The van der Waals surface area contributed by atoms with Gasteiger partial charge in [-0.25, -0.2) is 0 Å². The van der Waals surface area contributed by atoms with E-state index in [0.29, 0.717) is 17.9 Å². The van der Waals surface area contributed by atoms with Gasteiger partial charge in [0.05, 0.1) is 7.11 Å². The second kappa shape index (κ2) is 9.11. The number of rotatable bonds is 7. The van der Waals surface area contributed by atoms with Crippen LogP contribution in [0, 0.1) is 26.8 Å². The highest BCUT2D eigenvalue weighted by Gasteiger charge is 2.36. The normalized spacial score (nSPS) is 17.8. The highest BCUT2D eigenvalue weighted by molar-refractivity contribution is 5.74. The highest BCUT2D eigenvalue weighted by Crippen LogP contribution is 2.47. The van der Waals surface area contributed by atoms with Crippen LogP contribution in [0.1, 0.15) is 73.8 Å². The van der Waals surface area contributed by atoms with Gasteiger partial charge in [-0.2, -0.15) is 0 Å². The summed E-state index contributed by atoms with van der Waals surface area (Å²) in [5.74, 6) is 2.17. The molecule has 1 aliphatic heterocycles. The quantitative estimate of drug-likeness (QED) is 0.313. The summed E-state index contributed by atoms with van der Waals surface area (Å²) < 4.78 is 17.8. The summed E-state index contributed by atoms with van der Waals surface area (Å²) >= 11 is 0. The fraction of sp³-hybridized carbons (Fsp3) is 0.500. The van der Waals surface area contributed by atoms with Crippen molar-refractivity contribution in [3.8, 4) is 17.2 Å². The van der Waals surface area contributed by atoms with Gasteiger partial charge in [0.1, 0.15) is 22.8 Å². The monoisotopic (exact) mass is 409 g/mol. The van der Waals surface area contributed by atoms with Gasteiger partial charge in [-0.05, 0) is 75.3 Å².